The average molecular weight is 553 g/mol. The number of sulfone groups is 1. The number of imidazole rings is 1. The van der Waals surface area contributed by atoms with E-state index < -0.39 is 9.84 Å². The van der Waals surface area contributed by atoms with Gasteiger partial charge in [-0.15, -0.1) is 0 Å². The molecule has 0 N–H and O–H groups in total. The van der Waals surface area contributed by atoms with Gasteiger partial charge in [-0.2, -0.15) is 0 Å². The molecule has 37 heavy (non-hydrogen) atoms. The summed E-state index contributed by atoms with van der Waals surface area (Å²) in [7, 11) is -3.37. The summed E-state index contributed by atoms with van der Waals surface area (Å²) < 4.78 is 32.3. The van der Waals surface area contributed by atoms with Gasteiger partial charge in [0.25, 0.3) is 0 Å². The van der Waals surface area contributed by atoms with Crippen LogP contribution < -0.4 is 0 Å². The minimum absolute atomic E-state index is 0.243. The van der Waals surface area contributed by atoms with Crippen LogP contribution in [0.1, 0.15) is 17.4 Å². The summed E-state index contributed by atoms with van der Waals surface area (Å²) in [5.41, 5.74) is 5.17. The Labute approximate surface area is 224 Å². The van der Waals surface area contributed by atoms with Gasteiger partial charge in [0.15, 0.2) is 21.5 Å². The molecule has 0 unspecified atom stereocenters. The highest BCUT2D eigenvalue weighted by molar-refractivity contribution is 7.90. The fourth-order valence-electron chi connectivity index (χ4n) is 4.27. The summed E-state index contributed by atoms with van der Waals surface area (Å²) in [4.78, 5) is 13.6. The lowest BCUT2D eigenvalue weighted by Gasteiger charge is -2.14. The Balaban J connectivity index is 1.78. The first-order valence-electron chi connectivity index (χ1n) is 11.3. The van der Waals surface area contributed by atoms with E-state index in [4.69, 9.17) is 32.6 Å². The molecule has 188 valence electrons. The molecular formula is C27H22Cl2N4O3S. The first kappa shape index (κ1) is 25.2. The van der Waals surface area contributed by atoms with Crippen molar-refractivity contribution in [2.45, 2.75) is 25.7 Å². The van der Waals surface area contributed by atoms with Crippen LogP contribution in [0.15, 0.2) is 70.1 Å². The molecule has 2 aromatic carbocycles. The largest absolute Gasteiger partial charge is 0.440 e. The third kappa shape index (κ3) is 5.05. The number of oxazole rings is 1. The average Bonchev–Trinajstić information content (AvgIpc) is 3.38. The van der Waals surface area contributed by atoms with Crippen LogP contribution in [0.3, 0.4) is 0 Å². The van der Waals surface area contributed by atoms with Crippen LogP contribution in [-0.4, -0.2) is 34.2 Å². The second-order valence-electron chi connectivity index (χ2n) is 8.74. The van der Waals surface area contributed by atoms with Crippen molar-refractivity contribution < 1.29 is 12.8 Å². The Morgan fingerprint density at radius 3 is 2.27 bits per heavy atom. The lowest BCUT2D eigenvalue weighted by molar-refractivity contribution is 0.534. The minimum atomic E-state index is -3.37. The number of benzene rings is 2. The lowest BCUT2D eigenvalue weighted by Crippen LogP contribution is -2.00. The van der Waals surface area contributed by atoms with E-state index in [2.05, 4.69) is 9.97 Å². The van der Waals surface area contributed by atoms with Crippen molar-refractivity contribution in [1.82, 2.24) is 19.5 Å². The van der Waals surface area contributed by atoms with Crippen LogP contribution in [0, 0.1) is 20.8 Å². The number of hydrogen-bond acceptors (Lipinski definition) is 6. The number of pyridine rings is 1. The highest BCUT2D eigenvalue weighted by Gasteiger charge is 2.22. The van der Waals surface area contributed by atoms with Crippen molar-refractivity contribution >= 4 is 33.0 Å². The molecule has 0 saturated carbocycles. The molecule has 0 aliphatic heterocycles. The highest BCUT2D eigenvalue weighted by atomic mass is 35.5. The van der Waals surface area contributed by atoms with Crippen molar-refractivity contribution in [1.29, 1.82) is 0 Å². The van der Waals surface area contributed by atoms with Gasteiger partial charge in [0.05, 0.1) is 10.6 Å². The summed E-state index contributed by atoms with van der Waals surface area (Å²) in [6.45, 7) is 5.50. The minimum Gasteiger partial charge on any atom is -0.440 e. The first-order chi connectivity index (χ1) is 17.5. The van der Waals surface area contributed by atoms with Crippen LogP contribution in [0.2, 0.25) is 10.3 Å². The summed E-state index contributed by atoms with van der Waals surface area (Å²) in [6.07, 6.45) is 2.93. The maximum atomic E-state index is 12.2. The number of aromatic nitrogens is 4. The van der Waals surface area contributed by atoms with Crippen LogP contribution in [-0.2, 0) is 9.84 Å². The SMILES string of the molecule is Cc1cc(-c2oc(C)nc2-c2cc(-c3cccc(S(C)(=O)=O)c3)ccc2-n2cc(Cl)nc2C)cc(Cl)n1. The quantitative estimate of drug-likeness (QED) is 0.220. The van der Waals surface area contributed by atoms with E-state index in [0.717, 1.165) is 33.6 Å². The van der Waals surface area contributed by atoms with Crippen molar-refractivity contribution in [3.8, 4) is 39.4 Å². The number of hydrogen-bond donors (Lipinski definition) is 0. The van der Waals surface area contributed by atoms with Crippen LogP contribution >= 0.6 is 23.2 Å². The summed E-state index contributed by atoms with van der Waals surface area (Å²) in [5.74, 6) is 1.71. The molecule has 0 radical (unpaired) electrons. The van der Waals surface area contributed by atoms with Crippen molar-refractivity contribution in [2.75, 3.05) is 6.26 Å². The zero-order valence-electron chi connectivity index (χ0n) is 20.5. The number of nitrogens with zero attached hydrogens (tertiary/aromatic N) is 4. The third-order valence-electron chi connectivity index (χ3n) is 5.88. The zero-order chi connectivity index (χ0) is 26.5. The third-order valence-corrected chi connectivity index (χ3v) is 7.36. The molecule has 3 heterocycles. The highest BCUT2D eigenvalue weighted by Crippen LogP contribution is 2.39. The van der Waals surface area contributed by atoms with E-state index in [-0.39, 0.29) is 4.90 Å². The monoisotopic (exact) mass is 552 g/mol. The van der Waals surface area contributed by atoms with E-state index >= 15 is 0 Å². The molecule has 0 atom stereocenters. The maximum Gasteiger partial charge on any atom is 0.192 e. The normalized spacial score (nSPS) is 11.7. The van der Waals surface area contributed by atoms with Crippen molar-refractivity contribution in [3.05, 3.63) is 88.5 Å². The summed E-state index contributed by atoms with van der Waals surface area (Å²) in [5, 5.41) is 0.709. The molecule has 0 aliphatic carbocycles. The molecule has 0 spiro atoms. The fourth-order valence-corrected chi connectivity index (χ4v) is 5.40. The first-order valence-corrected chi connectivity index (χ1v) is 13.9. The van der Waals surface area contributed by atoms with Gasteiger partial charge in [-0.05, 0) is 61.4 Å². The Kier molecular flexibility index (Phi) is 6.43. The van der Waals surface area contributed by atoms with Crippen LogP contribution in [0.4, 0.5) is 0 Å². The topological polar surface area (TPSA) is 90.9 Å². The van der Waals surface area contributed by atoms with E-state index in [0.29, 0.717) is 33.5 Å². The Hall–Kier alpha value is -3.46. The number of halogens is 2. The van der Waals surface area contributed by atoms with Crippen LogP contribution in [0.25, 0.3) is 39.4 Å². The second-order valence-corrected chi connectivity index (χ2v) is 11.5. The van der Waals surface area contributed by atoms with E-state index in [1.54, 1.807) is 37.4 Å². The molecule has 3 aromatic heterocycles. The summed E-state index contributed by atoms with van der Waals surface area (Å²) >= 11 is 12.5. The fraction of sp³-hybridized carbons (Fsp3) is 0.148. The lowest BCUT2D eigenvalue weighted by atomic mass is 9.98. The molecular weight excluding hydrogens is 531 g/mol. The Morgan fingerprint density at radius 2 is 1.59 bits per heavy atom. The van der Waals surface area contributed by atoms with Crippen molar-refractivity contribution in [2.24, 2.45) is 0 Å². The Bertz CT molecular complexity index is 1750. The second kappa shape index (κ2) is 9.45. The predicted molar refractivity (Wildman–Crippen MR) is 145 cm³/mol. The van der Waals surface area contributed by atoms with Crippen molar-refractivity contribution in [3.63, 3.8) is 0 Å². The molecule has 7 nitrogen and oxygen atoms in total. The maximum absolute atomic E-state index is 12.2. The van der Waals surface area contributed by atoms with Gasteiger partial charge in [0, 0.05) is 36.2 Å². The van der Waals surface area contributed by atoms with E-state index in [9.17, 15) is 8.42 Å². The Morgan fingerprint density at radius 1 is 0.838 bits per heavy atom. The van der Waals surface area contributed by atoms with Gasteiger partial charge < -0.3 is 8.98 Å². The van der Waals surface area contributed by atoms with Gasteiger partial charge in [0.1, 0.15) is 21.8 Å². The molecule has 0 fully saturated rings. The predicted octanol–water partition coefficient (Wildman–Crippen LogP) is 6.89. The molecule has 0 bridgehead atoms. The number of aryl methyl sites for hydroxylation is 3. The van der Waals surface area contributed by atoms with Crippen LogP contribution in [0.5, 0.6) is 0 Å². The molecule has 0 amide bonds. The van der Waals surface area contributed by atoms with Gasteiger partial charge >= 0.3 is 0 Å². The van der Waals surface area contributed by atoms with Gasteiger partial charge in [-0.3, -0.25) is 0 Å². The standard InChI is InChI=1S/C27H22Cl2N4O3S/c1-15-10-20(13-24(28)30-15)27-26(32-17(3)36-27)22-12-19(18-6-5-7-21(11-18)37(4,34)35)8-9-23(22)33-14-25(29)31-16(33)2/h5-14H,1-4H3. The smallest absolute Gasteiger partial charge is 0.192 e. The molecule has 0 aliphatic rings. The molecule has 10 heteroatoms. The van der Waals surface area contributed by atoms with E-state index in [1.165, 1.54) is 6.26 Å². The summed E-state index contributed by atoms with van der Waals surface area (Å²) in [6, 6.07) is 16.3. The number of rotatable bonds is 5. The molecule has 5 rings (SSSR count). The van der Waals surface area contributed by atoms with Gasteiger partial charge in [0.2, 0.25) is 0 Å². The molecule has 5 aromatic rings. The zero-order valence-corrected chi connectivity index (χ0v) is 22.8. The molecule has 0 saturated heterocycles. The van der Waals surface area contributed by atoms with Gasteiger partial charge in [-0.1, -0.05) is 41.4 Å². The van der Waals surface area contributed by atoms with E-state index in [1.807, 2.05) is 48.7 Å². The van der Waals surface area contributed by atoms with Gasteiger partial charge in [-0.25, -0.2) is 23.4 Å².